The van der Waals surface area contributed by atoms with Crippen molar-refractivity contribution in [1.29, 1.82) is 0 Å². The summed E-state index contributed by atoms with van der Waals surface area (Å²) >= 11 is 0. The van der Waals surface area contributed by atoms with E-state index in [4.69, 9.17) is 0 Å². The molecule has 1 aliphatic rings. The molecule has 0 bridgehead atoms. The van der Waals surface area contributed by atoms with Crippen molar-refractivity contribution in [3.8, 4) is 11.1 Å². The standard InChI is InChI=1S/C29H39N7O3/c1-18(37)27-23-13-21(22-15-31-20(3)32-16-22)9-10-24(23)35(33-27)17-26(38)36-19(2)29(4,5)14-25(36)28(39)30-11-8-12-34(6)7/h9-10,13,15-16,19,25H,8,11-12,14,17H2,1-7H3,(H,30,39)/t19-,25+/m1/s1. The van der Waals surface area contributed by atoms with E-state index in [2.05, 4.69) is 39.1 Å². The minimum absolute atomic E-state index is 0.0679. The average molecular weight is 534 g/mol. The van der Waals surface area contributed by atoms with Crippen molar-refractivity contribution in [3.05, 3.63) is 42.1 Å². The average Bonchev–Trinajstić information content (AvgIpc) is 3.35. The fourth-order valence-electron chi connectivity index (χ4n) is 5.24. The number of aromatic nitrogens is 4. The number of carbonyl (C=O) groups excluding carboxylic acids is 3. The van der Waals surface area contributed by atoms with E-state index in [9.17, 15) is 14.4 Å². The number of fused-ring (bicyclic) bond motifs is 1. The summed E-state index contributed by atoms with van der Waals surface area (Å²) < 4.78 is 1.58. The monoisotopic (exact) mass is 533 g/mol. The van der Waals surface area contributed by atoms with Gasteiger partial charge in [0.1, 0.15) is 24.1 Å². The number of Topliss-reactive ketones (excluding diaryl/α,β-unsaturated/α-hetero) is 1. The Balaban J connectivity index is 1.60. The fourth-order valence-corrected chi connectivity index (χ4v) is 5.24. The number of aryl methyl sites for hydroxylation is 1. The lowest BCUT2D eigenvalue weighted by atomic mass is 9.84. The van der Waals surface area contributed by atoms with Crippen LogP contribution in [0.3, 0.4) is 0 Å². The Kier molecular flexibility index (Phi) is 8.15. The smallest absolute Gasteiger partial charge is 0.245 e. The third-order valence-electron chi connectivity index (χ3n) is 7.76. The quantitative estimate of drug-likeness (QED) is 0.332. The van der Waals surface area contributed by atoms with E-state index in [-0.39, 0.29) is 35.6 Å². The maximum atomic E-state index is 13.8. The molecule has 1 aromatic carbocycles. The summed E-state index contributed by atoms with van der Waals surface area (Å²) in [4.78, 5) is 51.8. The van der Waals surface area contributed by atoms with Gasteiger partial charge in [-0.15, -0.1) is 0 Å². The van der Waals surface area contributed by atoms with Crippen LogP contribution in [0.4, 0.5) is 0 Å². The molecule has 39 heavy (non-hydrogen) atoms. The molecule has 4 rings (SSSR count). The molecule has 1 N–H and O–H groups in total. The highest BCUT2D eigenvalue weighted by Gasteiger charge is 2.49. The second-order valence-corrected chi connectivity index (χ2v) is 11.4. The highest BCUT2D eigenvalue weighted by molar-refractivity contribution is 6.06. The summed E-state index contributed by atoms with van der Waals surface area (Å²) in [5.41, 5.74) is 2.45. The minimum Gasteiger partial charge on any atom is -0.354 e. The number of hydrogen-bond acceptors (Lipinski definition) is 7. The molecular weight excluding hydrogens is 494 g/mol. The zero-order valence-corrected chi connectivity index (χ0v) is 24.0. The fraction of sp³-hybridized carbons (Fsp3) is 0.517. The summed E-state index contributed by atoms with van der Waals surface area (Å²) in [6.07, 6.45) is 4.91. The molecule has 2 amide bonds. The molecule has 1 aliphatic heterocycles. The first-order valence-corrected chi connectivity index (χ1v) is 13.4. The van der Waals surface area contributed by atoms with Crippen LogP contribution in [0.15, 0.2) is 30.6 Å². The van der Waals surface area contributed by atoms with Gasteiger partial charge in [0.2, 0.25) is 11.8 Å². The van der Waals surface area contributed by atoms with Gasteiger partial charge in [-0.3, -0.25) is 19.1 Å². The predicted octanol–water partition coefficient (Wildman–Crippen LogP) is 3.09. The highest BCUT2D eigenvalue weighted by Crippen LogP contribution is 2.40. The largest absolute Gasteiger partial charge is 0.354 e. The number of amides is 2. The van der Waals surface area contributed by atoms with E-state index in [1.54, 1.807) is 22.0 Å². The third-order valence-corrected chi connectivity index (χ3v) is 7.76. The van der Waals surface area contributed by atoms with E-state index in [1.807, 2.05) is 46.1 Å². The van der Waals surface area contributed by atoms with E-state index < -0.39 is 6.04 Å². The summed E-state index contributed by atoms with van der Waals surface area (Å²) in [5, 5.41) is 8.23. The Morgan fingerprint density at radius 3 is 2.46 bits per heavy atom. The van der Waals surface area contributed by atoms with Crippen molar-refractivity contribution in [2.24, 2.45) is 5.41 Å². The molecule has 208 valence electrons. The number of benzene rings is 1. The number of ketones is 1. The van der Waals surface area contributed by atoms with Gasteiger partial charge in [-0.2, -0.15) is 5.10 Å². The first kappa shape index (κ1) is 28.4. The Labute approximate surface area is 229 Å². The third kappa shape index (κ3) is 6.00. The maximum Gasteiger partial charge on any atom is 0.245 e. The maximum absolute atomic E-state index is 13.8. The van der Waals surface area contributed by atoms with Gasteiger partial charge < -0.3 is 15.1 Å². The van der Waals surface area contributed by atoms with Crippen LogP contribution in [-0.2, 0) is 16.1 Å². The molecule has 1 saturated heterocycles. The highest BCUT2D eigenvalue weighted by atomic mass is 16.2. The Hall–Kier alpha value is -3.66. The summed E-state index contributed by atoms with van der Waals surface area (Å²) in [6, 6.07) is 4.98. The molecule has 2 aromatic heterocycles. The normalized spacial score (nSPS) is 18.6. The zero-order valence-electron chi connectivity index (χ0n) is 24.0. The van der Waals surface area contributed by atoms with Gasteiger partial charge in [-0.1, -0.05) is 19.9 Å². The SMILES string of the molecule is CC(=O)c1nn(CC(=O)N2[C@H](C(=O)NCCCN(C)C)CC(C)(C)[C@H]2C)c2ccc(-c3cnc(C)nc3)cc12. The Morgan fingerprint density at radius 1 is 1.13 bits per heavy atom. The number of nitrogens with one attached hydrogen (secondary N) is 1. The van der Waals surface area contributed by atoms with Crippen LogP contribution in [0, 0.1) is 12.3 Å². The topological polar surface area (TPSA) is 113 Å². The number of carbonyl (C=O) groups is 3. The van der Waals surface area contributed by atoms with Crippen molar-refractivity contribution >= 4 is 28.5 Å². The molecule has 0 radical (unpaired) electrons. The molecular formula is C29H39N7O3. The van der Waals surface area contributed by atoms with Crippen molar-refractivity contribution in [1.82, 2.24) is 34.9 Å². The lowest BCUT2D eigenvalue weighted by Gasteiger charge is -2.31. The zero-order chi connectivity index (χ0) is 28.5. The summed E-state index contributed by atoms with van der Waals surface area (Å²) in [5.74, 6) is 0.167. The molecule has 0 spiro atoms. The van der Waals surface area contributed by atoms with E-state index in [0.717, 1.165) is 24.1 Å². The predicted molar refractivity (Wildman–Crippen MR) is 150 cm³/mol. The van der Waals surface area contributed by atoms with Crippen molar-refractivity contribution in [2.45, 2.75) is 66.1 Å². The van der Waals surface area contributed by atoms with Gasteiger partial charge in [-0.05, 0) is 70.4 Å². The number of likely N-dealkylation sites (tertiary alicyclic amines) is 1. The van der Waals surface area contributed by atoms with E-state index >= 15 is 0 Å². The molecule has 3 aromatic rings. The van der Waals surface area contributed by atoms with Gasteiger partial charge in [0.05, 0.1) is 5.52 Å². The van der Waals surface area contributed by atoms with Gasteiger partial charge in [0.25, 0.3) is 0 Å². The molecule has 0 unspecified atom stereocenters. The second kappa shape index (κ2) is 11.2. The van der Waals surface area contributed by atoms with Crippen molar-refractivity contribution in [3.63, 3.8) is 0 Å². The van der Waals surface area contributed by atoms with E-state index in [0.29, 0.717) is 35.4 Å². The van der Waals surface area contributed by atoms with E-state index in [1.165, 1.54) is 6.92 Å². The molecule has 1 fully saturated rings. The van der Waals surface area contributed by atoms with Gasteiger partial charge in [0.15, 0.2) is 5.78 Å². The lowest BCUT2D eigenvalue weighted by molar-refractivity contribution is -0.141. The Morgan fingerprint density at radius 2 is 1.82 bits per heavy atom. The molecule has 3 heterocycles. The number of nitrogens with zero attached hydrogens (tertiary/aromatic N) is 6. The second-order valence-electron chi connectivity index (χ2n) is 11.4. The number of hydrogen-bond donors (Lipinski definition) is 1. The van der Waals surface area contributed by atoms with Crippen molar-refractivity contribution < 1.29 is 14.4 Å². The summed E-state index contributed by atoms with van der Waals surface area (Å²) in [6.45, 7) is 10.8. The number of rotatable bonds is 9. The van der Waals surface area contributed by atoms with Crippen LogP contribution in [0.5, 0.6) is 0 Å². The van der Waals surface area contributed by atoms with Crippen molar-refractivity contribution in [2.75, 3.05) is 27.2 Å². The first-order valence-electron chi connectivity index (χ1n) is 13.4. The van der Waals surface area contributed by atoms with Crippen LogP contribution < -0.4 is 5.32 Å². The minimum atomic E-state index is -0.552. The van der Waals surface area contributed by atoms with Crippen LogP contribution >= 0.6 is 0 Å². The summed E-state index contributed by atoms with van der Waals surface area (Å²) in [7, 11) is 4.00. The van der Waals surface area contributed by atoms with Crippen LogP contribution in [-0.4, -0.2) is 86.4 Å². The first-order chi connectivity index (χ1) is 18.4. The van der Waals surface area contributed by atoms with Gasteiger partial charge in [-0.25, -0.2) is 9.97 Å². The molecule has 0 aliphatic carbocycles. The molecule has 10 heteroatoms. The van der Waals surface area contributed by atoms with Crippen LogP contribution in [0.2, 0.25) is 0 Å². The molecule has 10 nitrogen and oxygen atoms in total. The van der Waals surface area contributed by atoms with Crippen LogP contribution in [0.1, 0.15) is 56.8 Å². The van der Waals surface area contributed by atoms with Gasteiger partial charge >= 0.3 is 0 Å². The molecule has 2 atom stereocenters. The lowest BCUT2D eigenvalue weighted by Crippen LogP contribution is -2.50. The Bertz CT molecular complexity index is 1380. The molecule has 0 saturated carbocycles. The van der Waals surface area contributed by atoms with Gasteiger partial charge in [0, 0.05) is 42.9 Å². The van der Waals surface area contributed by atoms with Crippen LogP contribution in [0.25, 0.3) is 22.0 Å².